The molecule has 3 rings (SSSR count). The Labute approximate surface area is 179 Å². The van der Waals surface area contributed by atoms with Gasteiger partial charge in [-0.3, -0.25) is 14.4 Å². The Hall–Kier alpha value is -2.52. The Morgan fingerprint density at radius 1 is 1.13 bits per heavy atom. The van der Waals surface area contributed by atoms with Crippen molar-refractivity contribution < 1.29 is 28.6 Å². The van der Waals surface area contributed by atoms with Crippen molar-refractivity contribution in [3.8, 4) is 0 Å². The first-order valence-corrected chi connectivity index (χ1v) is 10.7. The maximum Gasteiger partial charge on any atom is 0.265 e. The summed E-state index contributed by atoms with van der Waals surface area (Å²) in [5.41, 5.74) is -2.84. The lowest BCUT2D eigenvalue weighted by molar-refractivity contribution is -0.178. The van der Waals surface area contributed by atoms with Crippen LogP contribution >= 0.6 is 11.8 Å². The summed E-state index contributed by atoms with van der Waals surface area (Å²) in [7, 11) is 1.29. The highest BCUT2D eigenvalue weighted by Gasteiger charge is 2.69. The van der Waals surface area contributed by atoms with Crippen molar-refractivity contribution in [1.29, 1.82) is 0 Å². The lowest BCUT2D eigenvalue weighted by Crippen LogP contribution is -2.61. The SMILES string of the molecule is CO[C@@]1(C(=O)c2ccccc2)NC(=O)[C@](C=O)(OCSC)C1OCc1ccccc1. The minimum atomic E-state index is -2.03. The zero-order valence-corrected chi connectivity index (χ0v) is 17.5. The second-order valence-electron chi connectivity index (χ2n) is 6.73. The second-order valence-corrected chi connectivity index (χ2v) is 7.54. The Morgan fingerprint density at radius 3 is 2.33 bits per heavy atom. The number of methoxy groups -OCH3 is 1. The zero-order chi connectivity index (χ0) is 21.6. The highest BCUT2D eigenvalue weighted by Crippen LogP contribution is 2.38. The minimum absolute atomic E-state index is 0.0475. The number of ketones is 1. The third-order valence-corrected chi connectivity index (χ3v) is 5.31. The number of rotatable bonds is 10. The van der Waals surface area contributed by atoms with Crippen molar-refractivity contribution in [3.63, 3.8) is 0 Å². The lowest BCUT2D eigenvalue weighted by atomic mass is 9.89. The Morgan fingerprint density at radius 2 is 1.77 bits per heavy atom. The van der Waals surface area contributed by atoms with E-state index < -0.39 is 29.1 Å². The summed E-state index contributed by atoms with van der Waals surface area (Å²) in [6.45, 7) is 0.0475. The minimum Gasteiger partial charge on any atom is -0.364 e. The molecule has 3 atom stereocenters. The molecule has 0 bridgehead atoms. The van der Waals surface area contributed by atoms with Crippen LogP contribution in [0.25, 0.3) is 0 Å². The average Bonchev–Trinajstić information content (AvgIpc) is 3.05. The van der Waals surface area contributed by atoms with Crippen LogP contribution in [0.4, 0.5) is 0 Å². The molecule has 158 valence electrons. The van der Waals surface area contributed by atoms with Crippen LogP contribution in [0.5, 0.6) is 0 Å². The van der Waals surface area contributed by atoms with Crippen molar-refractivity contribution in [2.24, 2.45) is 0 Å². The van der Waals surface area contributed by atoms with Crippen LogP contribution in [-0.2, 0) is 30.4 Å². The zero-order valence-electron chi connectivity index (χ0n) is 16.7. The van der Waals surface area contributed by atoms with Crippen LogP contribution in [0.15, 0.2) is 60.7 Å². The van der Waals surface area contributed by atoms with Gasteiger partial charge in [0.15, 0.2) is 12.4 Å². The van der Waals surface area contributed by atoms with Gasteiger partial charge in [0.1, 0.15) is 0 Å². The Balaban J connectivity index is 2.05. The van der Waals surface area contributed by atoms with E-state index in [1.807, 2.05) is 30.3 Å². The first-order chi connectivity index (χ1) is 14.5. The fraction of sp³-hybridized carbons (Fsp3) is 0.318. The van der Waals surface area contributed by atoms with Crippen molar-refractivity contribution in [2.45, 2.75) is 24.0 Å². The van der Waals surface area contributed by atoms with Crippen LogP contribution in [0.3, 0.4) is 0 Å². The van der Waals surface area contributed by atoms with E-state index >= 15 is 0 Å². The van der Waals surface area contributed by atoms with Gasteiger partial charge < -0.3 is 19.5 Å². The molecule has 0 radical (unpaired) electrons. The standard InChI is InChI=1S/C22H23NO6S/c1-27-22(18(25)17-11-7-4-8-12-17)19(28-13-16-9-5-3-6-10-16)21(14-24,20(26)23-22)29-15-30-2/h3-12,14,19H,13,15H2,1-2H3,(H,23,26)/t19?,21-,22-/m1/s1. The van der Waals surface area contributed by atoms with Gasteiger partial charge in [0.25, 0.3) is 5.91 Å². The maximum atomic E-state index is 13.4. The van der Waals surface area contributed by atoms with Gasteiger partial charge in [0, 0.05) is 12.7 Å². The number of benzene rings is 2. The molecular weight excluding hydrogens is 406 g/mol. The van der Waals surface area contributed by atoms with Crippen LogP contribution in [0.1, 0.15) is 15.9 Å². The Bertz CT molecular complexity index is 893. The molecule has 1 unspecified atom stereocenters. The summed E-state index contributed by atoms with van der Waals surface area (Å²) in [5.74, 6) is -1.26. The molecule has 2 aromatic carbocycles. The van der Waals surface area contributed by atoms with Crippen LogP contribution < -0.4 is 5.32 Å². The molecule has 1 fully saturated rings. The number of hydrogen-bond acceptors (Lipinski definition) is 7. The van der Waals surface area contributed by atoms with Crippen molar-refractivity contribution in [1.82, 2.24) is 5.32 Å². The monoisotopic (exact) mass is 429 g/mol. The number of nitrogens with one attached hydrogen (secondary N) is 1. The number of amides is 1. The molecule has 1 aliphatic rings. The van der Waals surface area contributed by atoms with Gasteiger partial charge in [-0.15, -0.1) is 11.8 Å². The van der Waals surface area contributed by atoms with Gasteiger partial charge in [0.05, 0.1) is 12.5 Å². The van der Waals surface area contributed by atoms with Crippen LogP contribution in [0, 0.1) is 0 Å². The third-order valence-electron chi connectivity index (χ3n) is 4.96. The molecule has 2 aromatic rings. The molecular formula is C22H23NO6S. The average molecular weight is 429 g/mol. The van der Waals surface area contributed by atoms with E-state index in [1.165, 1.54) is 18.9 Å². The quantitative estimate of drug-likeness (QED) is 0.268. The van der Waals surface area contributed by atoms with Crippen molar-refractivity contribution in [3.05, 3.63) is 71.8 Å². The van der Waals surface area contributed by atoms with Crippen molar-refractivity contribution >= 4 is 29.7 Å². The summed E-state index contributed by atoms with van der Waals surface area (Å²) >= 11 is 1.29. The van der Waals surface area contributed by atoms with Crippen LogP contribution in [-0.4, -0.2) is 54.7 Å². The predicted molar refractivity (Wildman–Crippen MR) is 112 cm³/mol. The first kappa shape index (κ1) is 22.2. The van der Waals surface area contributed by atoms with Gasteiger partial charge in [-0.05, 0) is 11.8 Å². The summed E-state index contributed by atoms with van der Waals surface area (Å²) < 4.78 is 17.3. The number of aldehydes is 1. The summed E-state index contributed by atoms with van der Waals surface area (Å²) in [5, 5.41) is 2.55. The van der Waals surface area contributed by atoms with Gasteiger partial charge >= 0.3 is 0 Å². The predicted octanol–water partition coefficient (Wildman–Crippen LogP) is 2.20. The van der Waals surface area contributed by atoms with E-state index in [-0.39, 0.29) is 12.5 Å². The fourth-order valence-electron chi connectivity index (χ4n) is 3.43. The van der Waals surface area contributed by atoms with E-state index in [2.05, 4.69) is 5.32 Å². The fourth-order valence-corrected chi connectivity index (χ4v) is 3.74. The molecule has 8 heteroatoms. The van der Waals surface area contributed by atoms with E-state index in [4.69, 9.17) is 14.2 Å². The Kier molecular flexibility index (Phi) is 7.04. The van der Waals surface area contributed by atoms with Crippen LogP contribution in [0.2, 0.25) is 0 Å². The number of ether oxygens (including phenoxy) is 3. The van der Waals surface area contributed by atoms with E-state index in [9.17, 15) is 14.4 Å². The molecule has 0 aliphatic carbocycles. The largest absolute Gasteiger partial charge is 0.364 e. The number of hydrogen-bond donors (Lipinski definition) is 1. The molecule has 1 aliphatic heterocycles. The molecule has 30 heavy (non-hydrogen) atoms. The number of carbonyl (C=O) groups is 3. The molecule has 1 heterocycles. The molecule has 1 N–H and O–H groups in total. The van der Waals surface area contributed by atoms with Gasteiger partial charge in [-0.25, -0.2) is 0 Å². The molecule has 0 saturated carbocycles. The molecule has 7 nitrogen and oxygen atoms in total. The summed E-state index contributed by atoms with van der Waals surface area (Å²) in [6, 6.07) is 17.6. The maximum absolute atomic E-state index is 13.4. The van der Waals surface area contributed by atoms with Crippen molar-refractivity contribution in [2.75, 3.05) is 19.3 Å². The summed E-state index contributed by atoms with van der Waals surface area (Å²) in [6.07, 6.45) is 0.803. The van der Waals surface area contributed by atoms with Gasteiger partial charge in [-0.2, -0.15) is 0 Å². The first-order valence-electron chi connectivity index (χ1n) is 9.26. The second kappa shape index (κ2) is 9.53. The van der Waals surface area contributed by atoms with E-state index in [1.54, 1.807) is 36.6 Å². The number of thioether (sulfide) groups is 1. The number of Topliss-reactive ketones (excluding diaryl/α,β-unsaturated/α-hetero) is 1. The molecule has 0 spiro atoms. The van der Waals surface area contributed by atoms with Gasteiger partial charge in [-0.1, -0.05) is 60.7 Å². The third kappa shape index (κ3) is 3.91. The van der Waals surface area contributed by atoms with Gasteiger partial charge in [0.2, 0.25) is 17.1 Å². The normalized spacial score (nSPS) is 25.7. The summed E-state index contributed by atoms with van der Waals surface area (Å²) in [4.78, 5) is 38.6. The molecule has 1 amide bonds. The number of carbonyl (C=O) groups excluding carboxylic acids is 3. The van der Waals surface area contributed by atoms with E-state index in [0.717, 1.165) is 5.56 Å². The highest BCUT2D eigenvalue weighted by atomic mass is 32.2. The smallest absolute Gasteiger partial charge is 0.265 e. The molecule has 0 aromatic heterocycles. The topological polar surface area (TPSA) is 90.9 Å². The highest BCUT2D eigenvalue weighted by molar-refractivity contribution is 7.98. The van der Waals surface area contributed by atoms with E-state index in [0.29, 0.717) is 11.8 Å². The molecule has 1 saturated heterocycles. The lowest BCUT2D eigenvalue weighted by Gasteiger charge is -2.35.